The fraction of sp³-hybridized carbons (Fsp3) is 0.176. The molecular formula is C17H14N4. The van der Waals surface area contributed by atoms with Crippen molar-refractivity contribution in [3.05, 3.63) is 81.9 Å². The number of para-hydroxylation sites is 1. The van der Waals surface area contributed by atoms with Crippen LogP contribution in [0.3, 0.4) is 0 Å². The van der Waals surface area contributed by atoms with Crippen LogP contribution in [0, 0.1) is 0 Å². The van der Waals surface area contributed by atoms with E-state index >= 15 is 0 Å². The highest BCUT2D eigenvalue weighted by molar-refractivity contribution is 5.84. The molecule has 1 heterocycles. The minimum atomic E-state index is -0.0649. The summed E-state index contributed by atoms with van der Waals surface area (Å²) in [6.07, 6.45) is 2.93. The van der Waals surface area contributed by atoms with Crippen LogP contribution in [0.4, 0.5) is 0 Å². The normalized spacial score (nSPS) is 20.2. The highest BCUT2D eigenvalue weighted by atomic mass is 15.1. The molecule has 2 aromatic carbocycles. The zero-order valence-electron chi connectivity index (χ0n) is 11.4. The monoisotopic (exact) mass is 274 g/mol. The maximum atomic E-state index is 8.79. The average molecular weight is 274 g/mol. The van der Waals surface area contributed by atoms with E-state index < -0.39 is 0 Å². The molecule has 4 nitrogen and oxygen atoms in total. The van der Waals surface area contributed by atoms with E-state index in [-0.39, 0.29) is 12.0 Å². The summed E-state index contributed by atoms with van der Waals surface area (Å²) >= 11 is 0. The Morgan fingerprint density at radius 2 is 1.76 bits per heavy atom. The zero-order chi connectivity index (χ0) is 14.2. The van der Waals surface area contributed by atoms with Crippen LogP contribution in [0.1, 0.15) is 35.1 Å². The molecule has 0 spiro atoms. The van der Waals surface area contributed by atoms with Crippen molar-refractivity contribution in [1.29, 1.82) is 0 Å². The number of H-pyrrole nitrogens is 1. The first-order valence-electron chi connectivity index (χ1n) is 7.07. The number of nitrogens with zero attached hydrogens (tertiary/aromatic N) is 3. The molecule has 0 amide bonds. The van der Waals surface area contributed by atoms with Crippen LogP contribution >= 0.6 is 0 Å². The summed E-state index contributed by atoms with van der Waals surface area (Å²) in [5, 5.41) is 5.22. The summed E-state index contributed by atoms with van der Waals surface area (Å²) in [6.45, 7) is 0. The minimum absolute atomic E-state index is 0.0649. The van der Waals surface area contributed by atoms with Gasteiger partial charge in [0.05, 0.1) is 6.04 Å². The first-order chi connectivity index (χ1) is 10.4. The molecule has 2 atom stereocenters. The van der Waals surface area contributed by atoms with Gasteiger partial charge in [0, 0.05) is 27.9 Å². The molecule has 1 aliphatic carbocycles. The summed E-state index contributed by atoms with van der Waals surface area (Å²) < 4.78 is 0. The lowest BCUT2D eigenvalue weighted by atomic mass is 9.93. The van der Waals surface area contributed by atoms with Crippen LogP contribution in [0.25, 0.3) is 21.3 Å². The summed E-state index contributed by atoms with van der Waals surface area (Å²) in [5.41, 5.74) is 13.7. The molecule has 4 heteroatoms. The predicted octanol–water partition coefficient (Wildman–Crippen LogP) is 5.05. The summed E-state index contributed by atoms with van der Waals surface area (Å²) in [5.74, 6) is 0.285. The Labute approximate surface area is 122 Å². The van der Waals surface area contributed by atoms with Crippen molar-refractivity contribution in [2.24, 2.45) is 5.11 Å². The van der Waals surface area contributed by atoms with Crippen molar-refractivity contribution >= 4 is 10.9 Å². The summed E-state index contributed by atoms with van der Waals surface area (Å²) in [7, 11) is 0. The molecule has 0 bridgehead atoms. The van der Waals surface area contributed by atoms with Gasteiger partial charge in [-0.1, -0.05) is 47.6 Å². The third-order valence-corrected chi connectivity index (χ3v) is 4.38. The molecule has 0 saturated heterocycles. The number of hydrogen-bond donors (Lipinski definition) is 1. The molecule has 0 saturated carbocycles. The van der Waals surface area contributed by atoms with Gasteiger partial charge in [0.15, 0.2) is 0 Å². The largest absolute Gasteiger partial charge is 0.361 e. The second-order valence-corrected chi connectivity index (χ2v) is 5.43. The number of aromatic amines is 1. The lowest BCUT2D eigenvalue weighted by molar-refractivity contribution is 0.660. The Morgan fingerprint density at radius 3 is 2.62 bits per heavy atom. The van der Waals surface area contributed by atoms with Gasteiger partial charge in [-0.25, -0.2) is 0 Å². The number of aromatic nitrogens is 1. The standard InChI is InChI=1S/C17H14N4/c18-21-20-17-9-14(11-5-1-2-6-12(11)17)15-10-19-16-8-4-3-7-13(15)16/h1-8,10,14,17,19H,9H2/t14-,17-/m0/s1. The lowest BCUT2D eigenvalue weighted by Gasteiger charge is -2.10. The van der Waals surface area contributed by atoms with Gasteiger partial charge in [0.1, 0.15) is 0 Å². The van der Waals surface area contributed by atoms with Crippen LogP contribution in [-0.4, -0.2) is 4.98 Å². The van der Waals surface area contributed by atoms with Gasteiger partial charge >= 0.3 is 0 Å². The molecule has 0 unspecified atom stereocenters. The van der Waals surface area contributed by atoms with Gasteiger partial charge in [-0.15, -0.1) is 0 Å². The quantitative estimate of drug-likeness (QED) is 0.386. The third-order valence-electron chi connectivity index (χ3n) is 4.38. The zero-order valence-corrected chi connectivity index (χ0v) is 11.4. The SMILES string of the molecule is [N-]=[N+]=N[C@H]1C[C@H](c2c[nH]c3ccccc23)c2ccccc21. The highest BCUT2D eigenvalue weighted by Gasteiger charge is 2.32. The first-order valence-corrected chi connectivity index (χ1v) is 7.07. The van der Waals surface area contributed by atoms with E-state index in [1.807, 2.05) is 12.1 Å². The molecule has 0 fully saturated rings. The Hall–Kier alpha value is -2.71. The van der Waals surface area contributed by atoms with Crippen LogP contribution in [0.15, 0.2) is 59.8 Å². The number of hydrogen-bond acceptors (Lipinski definition) is 1. The number of benzene rings is 2. The number of fused-ring (bicyclic) bond motifs is 2. The van der Waals surface area contributed by atoms with Gasteiger partial charge in [-0.3, -0.25) is 0 Å². The molecule has 102 valence electrons. The number of nitrogens with one attached hydrogen (secondary N) is 1. The molecule has 0 aliphatic heterocycles. The van der Waals surface area contributed by atoms with Gasteiger partial charge < -0.3 is 4.98 Å². The molecule has 3 aromatic rings. The second-order valence-electron chi connectivity index (χ2n) is 5.43. The van der Waals surface area contributed by atoms with Crippen molar-refractivity contribution < 1.29 is 0 Å². The van der Waals surface area contributed by atoms with Crippen molar-refractivity contribution in [3.63, 3.8) is 0 Å². The topological polar surface area (TPSA) is 64.6 Å². The summed E-state index contributed by atoms with van der Waals surface area (Å²) in [4.78, 5) is 6.35. The number of azide groups is 1. The van der Waals surface area contributed by atoms with Gasteiger partial charge in [0.2, 0.25) is 0 Å². The Kier molecular flexibility index (Phi) is 2.69. The van der Waals surface area contributed by atoms with Crippen molar-refractivity contribution in [2.75, 3.05) is 0 Å². The fourth-order valence-electron chi connectivity index (χ4n) is 3.46. The Bertz CT molecular complexity index is 858. The third kappa shape index (κ3) is 1.81. The van der Waals surface area contributed by atoms with E-state index in [1.54, 1.807) is 0 Å². The van der Waals surface area contributed by atoms with Crippen molar-refractivity contribution in [3.8, 4) is 0 Å². The van der Waals surface area contributed by atoms with Gasteiger partial charge in [-0.05, 0) is 34.7 Å². The van der Waals surface area contributed by atoms with E-state index in [9.17, 15) is 0 Å². The number of rotatable bonds is 2. The van der Waals surface area contributed by atoms with Crippen molar-refractivity contribution in [1.82, 2.24) is 4.98 Å². The van der Waals surface area contributed by atoms with Crippen LogP contribution in [0.5, 0.6) is 0 Å². The maximum absolute atomic E-state index is 8.79. The first kappa shape index (κ1) is 12.1. The van der Waals surface area contributed by atoms with E-state index in [2.05, 4.69) is 57.6 Å². The molecule has 1 aromatic heterocycles. The molecule has 1 N–H and O–H groups in total. The molecule has 1 aliphatic rings. The van der Waals surface area contributed by atoms with Gasteiger partial charge in [0.25, 0.3) is 0 Å². The smallest absolute Gasteiger partial charge is 0.0637 e. The molecular weight excluding hydrogens is 260 g/mol. The van der Waals surface area contributed by atoms with E-state index in [0.717, 1.165) is 17.5 Å². The average Bonchev–Trinajstić information content (AvgIpc) is 3.10. The van der Waals surface area contributed by atoms with Crippen LogP contribution < -0.4 is 0 Å². The summed E-state index contributed by atoms with van der Waals surface area (Å²) in [6, 6.07) is 16.5. The van der Waals surface area contributed by atoms with E-state index in [0.29, 0.717) is 0 Å². The van der Waals surface area contributed by atoms with Crippen LogP contribution in [-0.2, 0) is 0 Å². The Balaban J connectivity index is 1.88. The van der Waals surface area contributed by atoms with Crippen LogP contribution in [0.2, 0.25) is 0 Å². The van der Waals surface area contributed by atoms with Gasteiger partial charge in [-0.2, -0.15) is 0 Å². The minimum Gasteiger partial charge on any atom is -0.361 e. The Morgan fingerprint density at radius 1 is 1.00 bits per heavy atom. The highest BCUT2D eigenvalue weighted by Crippen LogP contribution is 2.47. The van der Waals surface area contributed by atoms with Crippen molar-refractivity contribution in [2.45, 2.75) is 18.4 Å². The second kappa shape index (κ2) is 4.69. The molecule has 0 radical (unpaired) electrons. The predicted molar refractivity (Wildman–Crippen MR) is 83.1 cm³/mol. The maximum Gasteiger partial charge on any atom is 0.0637 e. The van der Waals surface area contributed by atoms with E-state index in [1.165, 1.54) is 16.5 Å². The lowest BCUT2D eigenvalue weighted by Crippen LogP contribution is -1.94. The van der Waals surface area contributed by atoms with E-state index in [4.69, 9.17) is 5.53 Å². The molecule has 21 heavy (non-hydrogen) atoms. The molecule has 4 rings (SSSR count). The fourth-order valence-corrected chi connectivity index (χ4v) is 3.46.